The van der Waals surface area contributed by atoms with Gasteiger partial charge in [-0.15, -0.1) is 0 Å². The molecule has 0 saturated carbocycles. The molecule has 0 radical (unpaired) electrons. The molecule has 5 heteroatoms. The standard InChI is InChI=1S/C20H22O5/c1-23-18-10-7-17(8-11-18)14-24-20(13-21)19(25-15-22)12-9-16-5-3-2-4-6-16/h2-8,10-11,13,15,19-20H,9,12,14H2,1H3/t19-,20+/m1/s1. The number of aldehydes is 1. The fourth-order valence-corrected chi connectivity index (χ4v) is 2.48. The first-order valence-corrected chi connectivity index (χ1v) is 8.09. The van der Waals surface area contributed by atoms with E-state index in [2.05, 4.69) is 0 Å². The van der Waals surface area contributed by atoms with Crippen LogP contribution < -0.4 is 4.74 Å². The van der Waals surface area contributed by atoms with Gasteiger partial charge in [0.2, 0.25) is 0 Å². The molecule has 0 amide bonds. The van der Waals surface area contributed by atoms with Crippen LogP contribution in [0.4, 0.5) is 0 Å². The smallest absolute Gasteiger partial charge is 0.293 e. The summed E-state index contributed by atoms with van der Waals surface area (Å²) in [5.74, 6) is 0.751. The van der Waals surface area contributed by atoms with Crippen molar-refractivity contribution in [2.24, 2.45) is 0 Å². The minimum atomic E-state index is -0.809. The third-order valence-corrected chi connectivity index (χ3v) is 3.89. The first-order valence-electron chi connectivity index (χ1n) is 8.09. The molecule has 0 aliphatic carbocycles. The van der Waals surface area contributed by atoms with E-state index in [-0.39, 0.29) is 6.61 Å². The number of carbonyl (C=O) groups excluding carboxylic acids is 2. The van der Waals surface area contributed by atoms with Crippen LogP contribution in [0.15, 0.2) is 54.6 Å². The highest BCUT2D eigenvalue weighted by atomic mass is 16.6. The van der Waals surface area contributed by atoms with Crippen molar-refractivity contribution in [2.45, 2.75) is 31.7 Å². The molecule has 0 aliphatic heterocycles. The van der Waals surface area contributed by atoms with E-state index >= 15 is 0 Å². The lowest BCUT2D eigenvalue weighted by Gasteiger charge is -2.21. The maximum Gasteiger partial charge on any atom is 0.293 e. The van der Waals surface area contributed by atoms with Crippen molar-refractivity contribution >= 4 is 12.8 Å². The Labute approximate surface area is 147 Å². The number of rotatable bonds is 11. The van der Waals surface area contributed by atoms with Gasteiger partial charge in [0.1, 0.15) is 18.0 Å². The van der Waals surface area contributed by atoms with Crippen LogP contribution in [0.25, 0.3) is 0 Å². The lowest BCUT2D eigenvalue weighted by Crippen LogP contribution is -2.33. The molecule has 132 valence electrons. The number of methoxy groups -OCH3 is 1. The first-order chi connectivity index (χ1) is 12.3. The molecule has 2 aromatic rings. The molecule has 2 atom stereocenters. The largest absolute Gasteiger partial charge is 0.497 e. The van der Waals surface area contributed by atoms with Crippen molar-refractivity contribution in [1.29, 1.82) is 0 Å². The van der Waals surface area contributed by atoms with Gasteiger partial charge in [0, 0.05) is 0 Å². The van der Waals surface area contributed by atoms with Gasteiger partial charge in [-0.1, -0.05) is 42.5 Å². The van der Waals surface area contributed by atoms with Crippen LogP contribution in [0, 0.1) is 0 Å². The molecule has 0 N–H and O–H groups in total. The van der Waals surface area contributed by atoms with Crippen molar-refractivity contribution in [2.75, 3.05) is 7.11 Å². The number of hydrogen-bond acceptors (Lipinski definition) is 5. The SMILES string of the molecule is COc1ccc(CO[C@@H](C=O)[C@@H](CCc2ccccc2)OC=O)cc1. The van der Waals surface area contributed by atoms with Gasteiger partial charge in [-0.2, -0.15) is 0 Å². The summed E-state index contributed by atoms with van der Waals surface area (Å²) in [4.78, 5) is 22.2. The molecule has 0 aromatic heterocycles. The molecule has 2 aromatic carbocycles. The quantitative estimate of drug-likeness (QED) is 0.588. The van der Waals surface area contributed by atoms with Crippen LogP contribution in [0.3, 0.4) is 0 Å². The summed E-state index contributed by atoms with van der Waals surface area (Å²) in [6.45, 7) is 0.611. The third kappa shape index (κ3) is 6.04. The predicted molar refractivity (Wildman–Crippen MR) is 93.3 cm³/mol. The van der Waals surface area contributed by atoms with E-state index in [1.165, 1.54) is 0 Å². The van der Waals surface area contributed by atoms with E-state index in [0.717, 1.165) is 16.9 Å². The second-order valence-electron chi connectivity index (χ2n) is 5.55. The summed E-state index contributed by atoms with van der Waals surface area (Å²) < 4.78 is 15.9. The Bertz CT molecular complexity index is 639. The molecule has 0 unspecified atom stereocenters. The minimum Gasteiger partial charge on any atom is -0.497 e. The second-order valence-corrected chi connectivity index (χ2v) is 5.55. The highest BCUT2D eigenvalue weighted by Crippen LogP contribution is 2.15. The Morgan fingerprint density at radius 1 is 0.960 bits per heavy atom. The van der Waals surface area contributed by atoms with Crippen LogP contribution in [0.5, 0.6) is 5.75 Å². The number of aryl methyl sites for hydroxylation is 1. The Morgan fingerprint density at radius 2 is 1.68 bits per heavy atom. The molecular weight excluding hydrogens is 320 g/mol. The zero-order valence-corrected chi connectivity index (χ0v) is 14.2. The molecule has 0 fully saturated rings. The van der Waals surface area contributed by atoms with Crippen molar-refractivity contribution in [3.05, 3.63) is 65.7 Å². The maximum atomic E-state index is 11.4. The summed E-state index contributed by atoms with van der Waals surface area (Å²) in [6, 6.07) is 17.2. The Hall–Kier alpha value is -2.66. The van der Waals surface area contributed by atoms with Gasteiger partial charge < -0.3 is 19.0 Å². The van der Waals surface area contributed by atoms with Crippen LogP contribution in [-0.4, -0.2) is 32.1 Å². The topological polar surface area (TPSA) is 61.8 Å². The monoisotopic (exact) mass is 342 g/mol. The van der Waals surface area contributed by atoms with Crippen LogP contribution in [0.1, 0.15) is 17.5 Å². The van der Waals surface area contributed by atoms with Gasteiger partial charge in [-0.3, -0.25) is 4.79 Å². The van der Waals surface area contributed by atoms with E-state index < -0.39 is 12.2 Å². The van der Waals surface area contributed by atoms with Gasteiger partial charge in [0.25, 0.3) is 6.47 Å². The van der Waals surface area contributed by atoms with E-state index in [0.29, 0.717) is 25.6 Å². The van der Waals surface area contributed by atoms with Gasteiger partial charge in [0.15, 0.2) is 6.29 Å². The molecule has 25 heavy (non-hydrogen) atoms. The lowest BCUT2D eigenvalue weighted by atomic mass is 10.0. The number of carbonyl (C=O) groups is 2. The predicted octanol–water partition coefficient (Wildman–Crippen LogP) is 2.95. The van der Waals surface area contributed by atoms with E-state index in [4.69, 9.17) is 14.2 Å². The number of ether oxygens (including phenoxy) is 3. The third-order valence-electron chi connectivity index (χ3n) is 3.89. The molecule has 2 rings (SSSR count). The lowest BCUT2D eigenvalue weighted by molar-refractivity contribution is -0.147. The second kappa shape index (κ2) is 10.3. The van der Waals surface area contributed by atoms with Gasteiger partial charge >= 0.3 is 0 Å². The van der Waals surface area contributed by atoms with Crippen molar-refractivity contribution in [1.82, 2.24) is 0 Å². The zero-order chi connectivity index (χ0) is 17.9. The van der Waals surface area contributed by atoms with E-state index in [9.17, 15) is 9.59 Å². The molecular formula is C20H22O5. The molecule has 0 saturated heterocycles. The molecule has 0 aliphatic rings. The van der Waals surface area contributed by atoms with Gasteiger partial charge in [-0.25, -0.2) is 0 Å². The van der Waals surface area contributed by atoms with E-state index in [1.807, 2.05) is 54.6 Å². The van der Waals surface area contributed by atoms with Gasteiger partial charge in [0.05, 0.1) is 13.7 Å². The molecule has 0 bridgehead atoms. The van der Waals surface area contributed by atoms with Crippen molar-refractivity contribution < 1.29 is 23.8 Å². The first kappa shape index (κ1) is 18.7. The van der Waals surface area contributed by atoms with Gasteiger partial charge in [-0.05, 0) is 36.1 Å². The summed E-state index contributed by atoms with van der Waals surface area (Å²) >= 11 is 0. The average molecular weight is 342 g/mol. The number of benzene rings is 2. The Kier molecular flexibility index (Phi) is 7.66. The fourth-order valence-electron chi connectivity index (χ4n) is 2.48. The highest BCUT2D eigenvalue weighted by molar-refractivity contribution is 5.57. The summed E-state index contributed by atoms with van der Waals surface area (Å²) in [5.41, 5.74) is 2.02. The average Bonchev–Trinajstić information content (AvgIpc) is 2.67. The normalized spacial score (nSPS) is 12.8. The van der Waals surface area contributed by atoms with Crippen molar-refractivity contribution in [3.8, 4) is 5.75 Å². The maximum absolute atomic E-state index is 11.4. The summed E-state index contributed by atoms with van der Waals surface area (Å²) in [7, 11) is 1.60. The molecule has 5 nitrogen and oxygen atoms in total. The molecule has 0 heterocycles. The number of hydrogen-bond donors (Lipinski definition) is 0. The van der Waals surface area contributed by atoms with E-state index in [1.54, 1.807) is 7.11 Å². The Morgan fingerprint density at radius 3 is 2.28 bits per heavy atom. The van der Waals surface area contributed by atoms with Crippen molar-refractivity contribution in [3.63, 3.8) is 0 Å². The Balaban J connectivity index is 1.93. The van der Waals surface area contributed by atoms with Crippen LogP contribution >= 0.6 is 0 Å². The fraction of sp³-hybridized carbons (Fsp3) is 0.300. The van der Waals surface area contributed by atoms with Crippen LogP contribution in [-0.2, 0) is 32.1 Å². The zero-order valence-electron chi connectivity index (χ0n) is 14.2. The van der Waals surface area contributed by atoms with Crippen LogP contribution in [0.2, 0.25) is 0 Å². The summed E-state index contributed by atoms with van der Waals surface area (Å²) in [6.07, 6.45) is 0.456. The minimum absolute atomic E-state index is 0.247. The summed E-state index contributed by atoms with van der Waals surface area (Å²) in [5, 5.41) is 0. The highest BCUT2D eigenvalue weighted by Gasteiger charge is 2.23. The molecule has 0 spiro atoms.